The first kappa shape index (κ1) is 30.5. The molecule has 0 radical (unpaired) electrons. The Morgan fingerprint density at radius 1 is 0.857 bits per heavy atom. The largest absolute Gasteiger partial charge is 0.462 e. The summed E-state index contributed by atoms with van der Waals surface area (Å²) in [5, 5.41) is 0. The number of rotatable bonds is 11. The summed E-state index contributed by atoms with van der Waals surface area (Å²) in [7, 11) is 0. The van der Waals surface area contributed by atoms with E-state index >= 15 is 0 Å². The molecule has 9 heteroatoms. The van der Waals surface area contributed by atoms with E-state index in [1.54, 1.807) is 13.8 Å². The lowest BCUT2D eigenvalue weighted by molar-refractivity contribution is -0.167. The molecule has 198 valence electrons. The van der Waals surface area contributed by atoms with Crippen molar-refractivity contribution in [2.45, 2.75) is 46.6 Å². The summed E-state index contributed by atoms with van der Waals surface area (Å²) >= 11 is 0. The summed E-state index contributed by atoms with van der Waals surface area (Å²) in [5.41, 5.74) is 1.04. The molecule has 0 aromatic rings. The molecule has 1 atom stereocenters. The van der Waals surface area contributed by atoms with Gasteiger partial charge in [-0.1, -0.05) is 33.6 Å². The fourth-order valence-corrected chi connectivity index (χ4v) is 2.64. The van der Waals surface area contributed by atoms with E-state index < -0.39 is 0 Å². The van der Waals surface area contributed by atoms with E-state index in [0.29, 0.717) is 64.0 Å². The molecular weight excluding hydrogens is 456 g/mol. The molecule has 0 saturated carbocycles. The van der Waals surface area contributed by atoms with Crippen LogP contribution >= 0.6 is 0 Å². The highest BCUT2D eigenvalue weighted by atomic mass is 16.6. The molecular formula is C26H40O9. The highest BCUT2D eigenvalue weighted by Crippen LogP contribution is 2.32. The Morgan fingerprint density at radius 3 is 1.60 bits per heavy atom. The molecule has 3 heterocycles. The summed E-state index contributed by atoms with van der Waals surface area (Å²) in [5.74, 6) is -0.995. The van der Waals surface area contributed by atoms with Crippen LogP contribution in [0.15, 0.2) is 37.0 Å². The normalized spacial score (nSPS) is 19.9. The number of ether oxygens (including phenoxy) is 6. The number of epoxide rings is 1. The van der Waals surface area contributed by atoms with Gasteiger partial charge in [0.05, 0.1) is 43.9 Å². The van der Waals surface area contributed by atoms with E-state index in [1.807, 2.05) is 0 Å². The van der Waals surface area contributed by atoms with Gasteiger partial charge in [0.15, 0.2) is 0 Å². The van der Waals surface area contributed by atoms with E-state index in [0.717, 1.165) is 12.8 Å². The second-order valence-corrected chi connectivity index (χ2v) is 9.20. The van der Waals surface area contributed by atoms with Crippen LogP contribution in [0.3, 0.4) is 0 Å². The Hall–Kier alpha value is -2.49. The second kappa shape index (κ2) is 14.8. The predicted octanol–water partition coefficient (Wildman–Crippen LogP) is 3.18. The van der Waals surface area contributed by atoms with Gasteiger partial charge in [-0.3, -0.25) is 0 Å². The number of carbonyl (C=O) groups is 3. The van der Waals surface area contributed by atoms with Crippen molar-refractivity contribution in [3.05, 3.63) is 37.0 Å². The molecule has 0 amide bonds. The van der Waals surface area contributed by atoms with Gasteiger partial charge >= 0.3 is 17.9 Å². The summed E-state index contributed by atoms with van der Waals surface area (Å²) in [4.78, 5) is 32.5. The molecule has 9 nitrogen and oxygen atoms in total. The van der Waals surface area contributed by atoms with Gasteiger partial charge in [-0.25, -0.2) is 14.4 Å². The zero-order chi connectivity index (χ0) is 26.5. The van der Waals surface area contributed by atoms with E-state index in [9.17, 15) is 14.4 Å². The van der Waals surface area contributed by atoms with Gasteiger partial charge in [-0.15, -0.1) is 0 Å². The molecule has 3 rings (SSSR count). The van der Waals surface area contributed by atoms with Gasteiger partial charge in [-0.2, -0.15) is 0 Å². The third-order valence-corrected chi connectivity index (χ3v) is 5.83. The Labute approximate surface area is 208 Å². The molecule has 0 spiro atoms. The molecule has 3 aliphatic rings. The Balaban J connectivity index is 0.000000265. The zero-order valence-corrected chi connectivity index (χ0v) is 21.5. The van der Waals surface area contributed by atoms with Gasteiger partial charge in [0, 0.05) is 17.2 Å². The third-order valence-electron chi connectivity index (χ3n) is 5.83. The minimum Gasteiger partial charge on any atom is -0.462 e. The summed E-state index contributed by atoms with van der Waals surface area (Å²) in [6, 6.07) is 0. The molecule has 0 aliphatic carbocycles. The van der Waals surface area contributed by atoms with Crippen molar-refractivity contribution in [2.24, 2.45) is 10.8 Å². The fourth-order valence-electron chi connectivity index (χ4n) is 2.64. The topological polar surface area (TPSA) is 110 Å². The number of esters is 3. The average molecular weight is 497 g/mol. The molecule has 0 bridgehead atoms. The Morgan fingerprint density at radius 2 is 1.29 bits per heavy atom. The van der Waals surface area contributed by atoms with Gasteiger partial charge in [0.25, 0.3) is 0 Å². The van der Waals surface area contributed by atoms with Gasteiger partial charge < -0.3 is 28.4 Å². The fraction of sp³-hybridized carbons (Fsp3) is 0.654. The van der Waals surface area contributed by atoms with Gasteiger partial charge in [0.1, 0.15) is 25.9 Å². The smallest absolute Gasteiger partial charge is 0.333 e. The average Bonchev–Trinajstić information content (AvgIpc) is 3.61. The summed E-state index contributed by atoms with van der Waals surface area (Å²) in [6.07, 6.45) is 3.29. The van der Waals surface area contributed by atoms with Crippen LogP contribution in [0.25, 0.3) is 0 Å². The van der Waals surface area contributed by atoms with E-state index in [4.69, 9.17) is 28.4 Å². The van der Waals surface area contributed by atoms with Crippen LogP contribution in [0.5, 0.6) is 0 Å². The van der Waals surface area contributed by atoms with Gasteiger partial charge in [0.2, 0.25) is 0 Å². The molecule has 1 unspecified atom stereocenters. The lowest BCUT2D eigenvalue weighted by Crippen LogP contribution is -2.46. The maximum Gasteiger partial charge on any atom is 0.333 e. The molecule has 3 fully saturated rings. The maximum absolute atomic E-state index is 11.1. The Bertz CT molecular complexity index is 748. The summed E-state index contributed by atoms with van der Waals surface area (Å²) in [6.45, 7) is 22.5. The first-order valence-corrected chi connectivity index (χ1v) is 11.7. The van der Waals surface area contributed by atoms with Crippen LogP contribution in [0.1, 0.15) is 40.5 Å². The number of hydrogen-bond acceptors (Lipinski definition) is 9. The monoisotopic (exact) mass is 496 g/mol. The molecule has 0 aromatic heterocycles. The van der Waals surface area contributed by atoms with Crippen LogP contribution in [0, 0.1) is 10.8 Å². The molecule has 0 aromatic carbocycles. The molecule has 0 N–H and O–H groups in total. The van der Waals surface area contributed by atoms with Crippen molar-refractivity contribution < 1.29 is 42.8 Å². The second-order valence-electron chi connectivity index (χ2n) is 9.20. The van der Waals surface area contributed by atoms with Gasteiger partial charge in [-0.05, 0) is 26.7 Å². The van der Waals surface area contributed by atoms with Crippen molar-refractivity contribution in [1.29, 1.82) is 0 Å². The first-order valence-electron chi connectivity index (χ1n) is 11.7. The Kier molecular flexibility index (Phi) is 12.9. The first-order chi connectivity index (χ1) is 16.5. The number of carbonyl (C=O) groups excluding carboxylic acids is 3. The van der Waals surface area contributed by atoms with Crippen LogP contribution in [-0.2, 0) is 42.8 Å². The minimum atomic E-state index is -0.352. The van der Waals surface area contributed by atoms with Crippen LogP contribution in [0.4, 0.5) is 0 Å². The third kappa shape index (κ3) is 11.2. The van der Waals surface area contributed by atoms with Crippen molar-refractivity contribution in [3.8, 4) is 0 Å². The van der Waals surface area contributed by atoms with E-state index in [2.05, 4.69) is 33.6 Å². The minimum absolute atomic E-state index is 0.0745. The highest BCUT2D eigenvalue weighted by molar-refractivity contribution is 5.87. The maximum atomic E-state index is 11.1. The lowest BCUT2D eigenvalue weighted by atomic mass is 9.84. The molecule has 35 heavy (non-hydrogen) atoms. The lowest BCUT2D eigenvalue weighted by Gasteiger charge is -2.39. The van der Waals surface area contributed by atoms with E-state index in [-0.39, 0.29) is 34.8 Å². The van der Waals surface area contributed by atoms with Crippen LogP contribution in [0.2, 0.25) is 0 Å². The summed E-state index contributed by atoms with van der Waals surface area (Å²) < 4.78 is 29.8. The quantitative estimate of drug-likeness (QED) is 0.184. The van der Waals surface area contributed by atoms with E-state index in [1.165, 1.54) is 6.08 Å². The molecule has 3 saturated heterocycles. The highest BCUT2D eigenvalue weighted by Gasteiger charge is 2.38. The van der Waals surface area contributed by atoms with Crippen molar-refractivity contribution >= 4 is 17.9 Å². The zero-order valence-electron chi connectivity index (χ0n) is 21.5. The SMILES string of the molecule is C=C(C)C(=O)OCC1(CC)COC1.C=C(C)C(=O)OCC1CO1.C=CC(=O)OCC1(CC)COC1. The van der Waals surface area contributed by atoms with Crippen molar-refractivity contribution in [2.75, 3.05) is 52.9 Å². The predicted molar refractivity (Wildman–Crippen MR) is 130 cm³/mol. The van der Waals surface area contributed by atoms with Crippen LogP contribution in [-0.4, -0.2) is 76.9 Å². The van der Waals surface area contributed by atoms with Crippen molar-refractivity contribution in [1.82, 2.24) is 0 Å². The van der Waals surface area contributed by atoms with Crippen LogP contribution < -0.4 is 0 Å². The molecule has 3 aliphatic heterocycles. The van der Waals surface area contributed by atoms with Crippen molar-refractivity contribution in [3.63, 3.8) is 0 Å². The number of hydrogen-bond donors (Lipinski definition) is 0. The standard InChI is InChI=1S/C10H16O3.C9H14O3.C7H10O3/c1-4-10(5-12-6-10)7-13-9(11)8(2)3;1-3-8(10)12-7-9(4-2)5-11-6-9;1-5(2)7(8)10-4-6-3-9-6/h2,4-7H2,1,3H3;3H,1,4-7H2,2H3;6H,1,3-4H2,2H3.